The lowest BCUT2D eigenvalue weighted by molar-refractivity contribution is 0.120. The van der Waals surface area contributed by atoms with E-state index in [0.717, 1.165) is 18.5 Å². The molecular weight excluding hydrogens is 234 g/mol. The van der Waals surface area contributed by atoms with E-state index in [1.807, 2.05) is 0 Å². The summed E-state index contributed by atoms with van der Waals surface area (Å²) in [6, 6.07) is 0.872. The van der Waals surface area contributed by atoms with E-state index in [2.05, 4.69) is 29.0 Å². The molecule has 1 atom stereocenters. The number of rotatable bonds is 5. The third-order valence-corrected chi connectivity index (χ3v) is 5.09. The highest BCUT2D eigenvalue weighted by Crippen LogP contribution is 2.23. The van der Waals surface area contributed by atoms with Crippen molar-refractivity contribution >= 4 is 0 Å². The number of nitrogens with one attached hydrogen (secondary N) is 1. The van der Waals surface area contributed by atoms with Gasteiger partial charge in [0.2, 0.25) is 0 Å². The van der Waals surface area contributed by atoms with Crippen molar-refractivity contribution in [3.8, 4) is 0 Å². The molecule has 0 aromatic heterocycles. The van der Waals surface area contributed by atoms with E-state index in [9.17, 15) is 0 Å². The van der Waals surface area contributed by atoms with Gasteiger partial charge in [0.25, 0.3) is 0 Å². The average Bonchev–Trinajstić information content (AvgIpc) is 2.71. The first kappa shape index (κ1) is 15.3. The molecule has 0 aromatic rings. The summed E-state index contributed by atoms with van der Waals surface area (Å²) in [6.45, 7) is 13.4. The van der Waals surface area contributed by atoms with E-state index >= 15 is 0 Å². The highest BCUT2D eigenvalue weighted by atomic mass is 15.2. The van der Waals surface area contributed by atoms with Crippen LogP contribution in [0.25, 0.3) is 0 Å². The summed E-state index contributed by atoms with van der Waals surface area (Å²) in [5, 5.41) is 3.51. The molecular formula is C16H33N3. The molecule has 0 spiro atoms. The van der Waals surface area contributed by atoms with Crippen molar-refractivity contribution in [1.82, 2.24) is 15.1 Å². The smallest absolute Gasteiger partial charge is 0.0108 e. The molecule has 2 saturated heterocycles. The maximum atomic E-state index is 3.51. The molecule has 19 heavy (non-hydrogen) atoms. The van der Waals surface area contributed by atoms with Gasteiger partial charge in [-0.3, -0.25) is 0 Å². The first-order chi connectivity index (χ1) is 9.33. The van der Waals surface area contributed by atoms with E-state index in [1.165, 1.54) is 71.4 Å². The monoisotopic (exact) mass is 267 g/mol. The summed E-state index contributed by atoms with van der Waals surface area (Å²) >= 11 is 0. The molecule has 2 rings (SSSR count). The molecule has 0 aliphatic carbocycles. The Hall–Kier alpha value is -0.120. The Morgan fingerprint density at radius 1 is 0.947 bits per heavy atom. The van der Waals surface area contributed by atoms with Crippen LogP contribution in [0.15, 0.2) is 0 Å². The van der Waals surface area contributed by atoms with Crippen LogP contribution in [0.3, 0.4) is 0 Å². The SMILES string of the molecule is CCNCC1CCN(C2CCCN(CC)CC2)CC1. The lowest BCUT2D eigenvalue weighted by Gasteiger charge is -2.37. The third kappa shape index (κ3) is 4.73. The molecule has 3 nitrogen and oxygen atoms in total. The molecule has 0 amide bonds. The van der Waals surface area contributed by atoms with Gasteiger partial charge < -0.3 is 15.1 Å². The fourth-order valence-corrected chi connectivity index (χ4v) is 3.69. The van der Waals surface area contributed by atoms with Crippen molar-refractivity contribution in [2.75, 3.05) is 45.8 Å². The molecule has 1 N–H and O–H groups in total. The molecule has 0 bridgehead atoms. The van der Waals surface area contributed by atoms with Gasteiger partial charge in [-0.25, -0.2) is 0 Å². The Morgan fingerprint density at radius 2 is 1.74 bits per heavy atom. The van der Waals surface area contributed by atoms with Gasteiger partial charge in [0.1, 0.15) is 0 Å². The lowest BCUT2D eigenvalue weighted by Crippen LogP contribution is -2.43. The fraction of sp³-hybridized carbons (Fsp3) is 1.00. The largest absolute Gasteiger partial charge is 0.317 e. The second-order valence-corrected chi connectivity index (χ2v) is 6.31. The van der Waals surface area contributed by atoms with Crippen LogP contribution >= 0.6 is 0 Å². The number of hydrogen-bond acceptors (Lipinski definition) is 3. The maximum Gasteiger partial charge on any atom is 0.0108 e. The van der Waals surface area contributed by atoms with Crippen LogP contribution in [-0.4, -0.2) is 61.7 Å². The van der Waals surface area contributed by atoms with Crippen LogP contribution in [0.4, 0.5) is 0 Å². The van der Waals surface area contributed by atoms with Crippen LogP contribution in [-0.2, 0) is 0 Å². The summed E-state index contributed by atoms with van der Waals surface area (Å²) in [5.74, 6) is 0.925. The van der Waals surface area contributed by atoms with E-state index < -0.39 is 0 Å². The molecule has 112 valence electrons. The molecule has 2 heterocycles. The van der Waals surface area contributed by atoms with Gasteiger partial charge in [-0.1, -0.05) is 13.8 Å². The Bertz CT molecular complexity index is 236. The number of nitrogens with zero attached hydrogens (tertiary/aromatic N) is 2. The minimum atomic E-state index is 0.872. The summed E-state index contributed by atoms with van der Waals surface area (Å²) in [6.07, 6.45) is 7.03. The minimum Gasteiger partial charge on any atom is -0.317 e. The van der Waals surface area contributed by atoms with Crippen LogP contribution < -0.4 is 5.32 Å². The van der Waals surface area contributed by atoms with Gasteiger partial charge in [0.05, 0.1) is 0 Å². The molecule has 0 aromatic carbocycles. The zero-order valence-electron chi connectivity index (χ0n) is 13.0. The van der Waals surface area contributed by atoms with E-state index in [-0.39, 0.29) is 0 Å². The molecule has 1 unspecified atom stereocenters. The summed E-state index contributed by atoms with van der Waals surface area (Å²) < 4.78 is 0. The van der Waals surface area contributed by atoms with Crippen LogP contribution in [0.5, 0.6) is 0 Å². The van der Waals surface area contributed by atoms with Crippen molar-refractivity contribution in [2.45, 2.75) is 52.0 Å². The van der Waals surface area contributed by atoms with Crippen LogP contribution in [0.2, 0.25) is 0 Å². The van der Waals surface area contributed by atoms with Crippen molar-refractivity contribution < 1.29 is 0 Å². The van der Waals surface area contributed by atoms with Crippen molar-refractivity contribution in [3.63, 3.8) is 0 Å². The molecule has 0 saturated carbocycles. The Labute approximate surface area is 119 Å². The van der Waals surface area contributed by atoms with Gasteiger partial charge in [-0.2, -0.15) is 0 Å². The number of piperidine rings is 1. The Kier molecular flexibility index (Phi) is 6.62. The van der Waals surface area contributed by atoms with Gasteiger partial charge in [0.15, 0.2) is 0 Å². The van der Waals surface area contributed by atoms with Crippen molar-refractivity contribution in [2.24, 2.45) is 5.92 Å². The molecule has 3 heteroatoms. The van der Waals surface area contributed by atoms with Gasteiger partial charge in [0, 0.05) is 6.04 Å². The number of hydrogen-bond donors (Lipinski definition) is 1. The topological polar surface area (TPSA) is 18.5 Å². The zero-order valence-corrected chi connectivity index (χ0v) is 13.0. The van der Waals surface area contributed by atoms with Crippen LogP contribution in [0, 0.1) is 5.92 Å². The average molecular weight is 267 g/mol. The molecule has 2 aliphatic heterocycles. The predicted molar refractivity (Wildman–Crippen MR) is 82.6 cm³/mol. The zero-order chi connectivity index (χ0) is 13.5. The summed E-state index contributed by atoms with van der Waals surface area (Å²) in [5.41, 5.74) is 0. The van der Waals surface area contributed by atoms with Gasteiger partial charge >= 0.3 is 0 Å². The minimum absolute atomic E-state index is 0.872. The standard InChI is InChI=1S/C16H33N3/c1-3-17-14-15-7-12-19(13-8-15)16-6-5-10-18(4-2)11-9-16/h15-17H,3-14H2,1-2H3. The normalized spacial score (nSPS) is 28.4. The molecule has 2 aliphatic rings. The quantitative estimate of drug-likeness (QED) is 0.824. The van der Waals surface area contributed by atoms with Gasteiger partial charge in [-0.15, -0.1) is 0 Å². The van der Waals surface area contributed by atoms with Gasteiger partial charge in [-0.05, 0) is 83.8 Å². The second-order valence-electron chi connectivity index (χ2n) is 6.31. The summed E-state index contributed by atoms with van der Waals surface area (Å²) in [4.78, 5) is 5.42. The molecule has 2 fully saturated rings. The highest BCUT2D eigenvalue weighted by Gasteiger charge is 2.26. The number of likely N-dealkylation sites (tertiary alicyclic amines) is 2. The Balaban J connectivity index is 1.71. The van der Waals surface area contributed by atoms with Crippen LogP contribution in [0.1, 0.15) is 46.0 Å². The van der Waals surface area contributed by atoms with E-state index in [4.69, 9.17) is 0 Å². The van der Waals surface area contributed by atoms with E-state index in [0.29, 0.717) is 0 Å². The first-order valence-corrected chi connectivity index (χ1v) is 8.50. The van der Waals surface area contributed by atoms with E-state index in [1.54, 1.807) is 0 Å². The van der Waals surface area contributed by atoms with Crippen molar-refractivity contribution in [1.29, 1.82) is 0 Å². The highest BCUT2D eigenvalue weighted by molar-refractivity contribution is 4.82. The second kappa shape index (κ2) is 8.23. The predicted octanol–water partition coefficient (Wildman–Crippen LogP) is 2.18. The third-order valence-electron chi connectivity index (χ3n) is 5.09. The first-order valence-electron chi connectivity index (χ1n) is 8.50. The summed E-state index contributed by atoms with van der Waals surface area (Å²) in [7, 11) is 0. The molecule has 0 radical (unpaired) electrons. The fourth-order valence-electron chi connectivity index (χ4n) is 3.69. The maximum absolute atomic E-state index is 3.51. The Morgan fingerprint density at radius 3 is 2.42 bits per heavy atom. The van der Waals surface area contributed by atoms with Crippen molar-refractivity contribution in [3.05, 3.63) is 0 Å². The lowest BCUT2D eigenvalue weighted by atomic mass is 9.94.